The molecule has 0 spiro atoms. The first-order valence-electron chi connectivity index (χ1n) is 8.69. The monoisotopic (exact) mass is 449 g/mol. The number of hydrogen-bond acceptors (Lipinski definition) is 8. The quantitative estimate of drug-likeness (QED) is 0.594. The maximum absolute atomic E-state index is 12.8. The van der Waals surface area contributed by atoms with Crippen LogP contribution in [0.1, 0.15) is 18.5 Å². The van der Waals surface area contributed by atoms with Gasteiger partial charge in [0.25, 0.3) is 21.9 Å². The Labute approximate surface area is 169 Å². The van der Waals surface area contributed by atoms with Crippen molar-refractivity contribution in [2.24, 2.45) is 0 Å². The molecule has 1 aromatic heterocycles. The fraction of sp³-hybridized carbons (Fsp3) is 0.467. The van der Waals surface area contributed by atoms with Crippen LogP contribution in [0.15, 0.2) is 29.2 Å². The van der Waals surface area contributed by atoms with E-state index >= 15 is 0 Å². The van der Waals surface area contributed by atoms with E-state index in [0.717, 1.165) is 23.0 Å². The summed E-state index contributed by atoms with van der Waals surface area (Å²) in [6.45, 7) is 3.52. The summed E-state index contributed by atoms with van der Waals surface area (Å²) in [6.07, 6.45) is -4.71. The SMILES string of the molecule is C[C@H](C(=O)NNS(=O)(=O)c1cccc(C(F)(F)F)c1)n1nnc(N2CCOCC2)n1. The number of benzene rings is 1. The number of halogens is 3. The number of alkyl halides is 3. The predicted molar refractivity (Wildman–Crippen MR) is 95.5 cm³/mol. The summed E-state index contributed by atoms with van der Waals surface area (Å²) in [4.78, 5) is 16.2. The number of anilines is 1. The standard InChI is InChI=1S/C15H18F3N7O4S/c1-10(25-21-14(20-22-25)24-5-7-29-8-6-24)13(26)19-23-30(27,28)12-4-2-3-11(9-12)15(16,17)18/h2-4,9-10,23H,5-8H2,1H3,(H,19,26)/t10-/m1/s1. The van der Waals surface area contributed by atoms with E-state index in [0.29, 0.717) is 38.3 Å². The number of ether oxygens (including phenoxy) is 1. The van der Waals surface area contributed by atoms with Gasteiger partial charge >= 0.3 is 6.18 Å². The average molecular weight is 449 g/mol. The molecule has 1 aromatic carbocycles. The fourth-order valence-corrected chi connectivity index (χ4v) is 3.39. The Morgan fingerprint density at radius 2 is 1.97 bits per heavy atom. The van der Waals surface area contributed by atoms with E-state index in [2.05, 4.69) is 15.4 Å². The molecule has 2 N–H and O–H groups in total. The van der Waals surface area contributed by atoms with Gasteiger partial charge in [-0.3, -0.25) is 10.2 Å². The number of hydrogen-bond donors (Lipinski definition) is 2. The molecule has 2 aromatic rings. The zero-order chi connectivity index (χ0) is 21.9. The lowest BCUT2D eigenvalue weighted by Gasteiger charge is -2.24. The second-order valence-electron chi connectivity index (χ2n) is 6.31. The van der Waals surface area contributed by atoms with E-state index in [1.165, 1.54) is 6.92 Å². The number of rotatable bonds is 6. The van der Waals surface area contributed by atoms with Crippen molar-refractivity contribution in [1.82, 2.24) is 30.5 Å². The van der Waals surface area contributed by atoms with Crippen molar-refractivity contribution in [3.05, 3.63) is 29.8 Å². The molecule has 0 aliphatic carbocycles. The number of tetrazole rings is 1. The zero-order valence-electron chi connectivity index (χ0n) is 15.6. The van der Waals surface area contributed by atoms with E-state index in [1.807, 2.05) is 10.3 Å². The Morgan fingerprint density at radius 3 is 2.63 bits per heavy atom. The highest BCUT2D eigenvalue weighted by Crippen LogP contribution is 2.30. The smallest absolute Gasteiger partial charge is 0.378 e. The maximum atomic E-state index is 12.8. The molecule has 0 unspecified atom stereocenters. The van der Waals surface area contributed by atoms with Crippen LogP contribution in [-0.2, 0) is 25.7 Å². The van der Waals surface area contributed by atoms with Gasteiger partial charge in [-0.05, 0) is 30.3 Å². The van der Waals surface area contributed by atoms with Crippen LogP contribution in [0.25, 0.3) is 0 Å². The van der Waals surface area contributed by atoms with Gasteiger partial charge in [-0.1, -0.05) is 11.2 Å². The molecular formula is C15H18F3N7O4S. The molecule has 3 rings (SSSR count). The number of sulfonamides is 1. The summed E-state index contributed by atoms with van der Waals surface area (Å²) in [7, 11) is -4.44. The van der Waals surface area contributed by atoms with Gasteiger partial charge in [-0.2, -0.15) is 13.2 Å². The second-order valence-corrected chi connectivity index (χ2v) is 7.99. The Hall–Kier alpha value is -2.78. The molecule has 1 fully saturated rings. The molecule has 1 amide bonds. The van der Waals surface area contributed by atoms with Gasteiger partial charge in [0.15, 0.2) is 6.04 Å². The number of nitrogens with zero attached hydrogens (tertiary/aromatic N) is 5. The first-order chi connectivity index (χ1) is 14.1. The Kier molecular flexibility index (Phi) is 6.23. The largest absolute Gasteiger partial charge is 0.416 e. The minimum absolute atomic E-state index is 0.294. The van der Waals surface area contributed by atoms with Gasteiger partial charge in [-0.15, -0.1) is 14.7 Å². The summed E-state index contributed by atoms with van der Waals surface area (Å²) in [5, 5.41) is 11.7. The third kappa shape index (κ3) is 5.03. The van der Waals surface area contributed by atoms with Crippen LogP contribution in [0, 0.1) is 0 Å². The summed E-state index contributed by atoms with van der Waals surface area (Å²) in [5.41, 5.74) is 0.814. The number of nitrogens with one attached hydrogen (secondary N) is 2. The van der Waals surface area contributed by atoms with Gasteiger partial charge in [0.05, 0.1) is 23.7 Å². The topological polar surface area (TPSA) is 131 Å². The number of carbonyl (C=O) groups excluding carboxylic acids is 1. The fourth-order valence-electron chi connectivity index (χ4n) is 2.50. The highest BCUT2D eigenvalue weighted by atomic mass is 32.2. The number of carbonyl (C=O) groups is 1. The lowest BCUT2D eigenvalue weighted by atomic mass is 10.2. The van der Waals surface area contributed by atoms with Crippen molar-refractivity contribution in [1.29, 1.82) is 0 Å². The number of morpholine rings is 1. The van der Waals surface area contributed by atoms with Crippen LogP contribution in [0.4, 0.5) is 19.1 Å². The summed E-state index contributed by atoms with van der Waals surface area (Å²) >= 11 is 0. The van der Waals surface area contributed by atoms with Gasteiger partial charge in [-0.25, -0.2) is 8.42 Å². The Bertz CT molecular complexity index is 1010. The van der Waals surface area contributed by atoms with Crippen molar-refractivity contribution in [3.8, 4) is 0 Å². The first-order valence-corrected chi connectivity index (χ1v) is 10.2. The summed E-state index contributed by atoms with van der Waals surface area (Å²) in [6, 6.07) is 2.08. The predicted octanol–water partition coefficient (Wildman–Crippen LogP) is 0.0992. The van der Waals surface area contributed by atoms with Gasteiger partial charge in [0.2, 0.25) is 0 Å². The molecule has 1 atom stereocenters. The van der Waals surface area contributed by atoms with Crippen LogP contribution >= 0.6 is 0 Å². The third-order valence-corrected chi connectivity index (χ3v) is 5.46. The van der Waals surface area contributed by atoms with Gasteiger partial charge < -0.3 is 9.64 Å². The molecule has 0 radical (unpaired) electrons. The first kappa shape index (κ1) is 21.9. The molecule has 164 valence electrons. The molecule has 0 bridgehead atoms. The third-order valence-electron chi connectivity index (χ3n) is 4.22. The van der Waals surface area contributed by atoms with Gasteiger partial charge in [0.1, 0.15) is 0 Å². The highest BCUT2D eigenvalue weighted by Gasteiger charge is 2.32. The van der Waals surface area contributed by atoms with E-state index in [-0.39, 0.29) is 0 Å². The molecule has 15 heteroatoms. The normalized spacial score (nSPS) is 16.3. The number of aromatic nitrogens is 4. The van der Waals surface area contributed by atoms with Crippen LogP contribution in [-0.4, -0.2) is 60.8 Å². The van der Waals surface area contributed by atoms with Crippen molar-refractivity contribution in [3.63, 3.8) is 0 Å². The molecule has 1 aliphatic rings. The minimum Gasteiger partial charge on any atom is -0.378 e. The number of hydrazine groups is 1. The van der Waals surface area contributed by atoms with Gasteiger partial charge in [0, 0.05) is 13.1 Å². The highest BCUT2D eigenvalue weighted by molar-refractivity contribution is 7.89. The van der Waals surface area contributed by atoms with E-state index in [1.54, 1.807) is 4.83 Å². The summed E-state index contributed by atoms with van der Waals surface area (Å²) in [5.74, 6) is -0.543. The molecule has 30 heavy (non-hydrogen) atoms. The molecule has 0 saturated carbocycles. The van der Waals surface area contributed by atoms with E-state index in [4.69, 9.17) is 4.74 Å². The van der Waals surface area contributed by atoms with E-state index in [9.17, 15) is 26.4 Å². The molecule has 2 heterocycles. The summed E-state index contributed by atoms with van der Waals surface area (Å²) < 4.78 is 68.0. The van der Waals surface area contributed by atoms with Crippen molar-refractivity contribution >= 4 is 21.9 Å². The van der Waals surface area contributed by atoms with Crippen LogP contribution in [0.5, 0.6) is 0 Å². The molecule has 1 aliphatic heterocycles. The van der Waals surface area contributed by atoms with Crippen molar-refractivity contribution < 1.29 is 31.1 Å². The van der Waals surface area contributed by atoms with Crippen LogP contribution in [0.3, 0.4) is 0 Å². The maximum Gasteiger partial charge on any atom is 0.416 e. The number of amides is 1. The van der Waals surface area contributed by atoms with E-state index < -0.39 is 38.6 Å². The average Bonchev–Trinajstić information content (AvgIpc) is 3.22. The lowest BCUT2D eigenvalue weighted by Crippen LogP contribution is -2.44. The lowest BCUT2D eigenvalue weighted by molar-refractivity contribution is -0.137. The Balaban J connectivity index is 1.64. The van der Waals surface area contributed by atoms with Crippen LogP contribution in [0.2, 0.25) is 0 Å². The van der Waals surface area contributed by atoms with Crippen molar-refractivity contribution in [2.45, 2.75) is 24.0 Å². The minimum atomic E-state index is -4.71. The van der Waals surface area contributed by atoms with Crippen molar-refractivity contribution in [2.75, 3.05) is 31.2 Å². The molecule has 11 nitrogen and oxygen atoms in total. The Morgan fingerprint density at radius 1 is 1.27 bits per heavy atom. The zero-order valence-corrected chi connectivity index (χ0v) is 16.4. The molecular weight excluding hydrogens is 431 g/mol. The second kappa shape index (κ2) is 8.53. The van der Waals surface area contributed by atoms with Crippen LogP contribution < -0.4 is 15.2 Å². The molecule has 1 saturated heterocycles.